The van der Waals surface area contributed by atoms with E-state index < -0.39 is 0 Å². The van der Waals surface area contributed by atoms with Crippen LogP contribution in [0.25, 0.3) is 0 Å². The van der Waals surface area contributed by atoms with E-state index in [-0.39, 0.29) is 0 Å². The van der Waals surface area contributed by atoms with Gasteiger partial charge in [-0.2, -0.15) is 0 Å². The fourth-order valence-corrected chi connectivity index (χ4v) is 1.12. The zero-order valence-electron chi connectivity index (χ0n) is 6.74. The van der Waals surface area contributed by atoms with Gasteiger partial charge in [0.05, 0.1) is 0 Å². The van der Waals surface area contributed by atoms with E-state index in [0.717, 1.165) is 12.8 Å². The molecule has 0 nitrogen and oxygen atoms in total. The van der Waals surface area contributed by atoms with Gasteiger partial charge in [-0.05, 0) is 18.8 Å². The van der Waals surface area contributed by atoms with Crippen LogP contribution in [-0.4, -0.2) is 0 Å². The van der Waals surface area contributed by atoms with Gasteiger partial charge in [0.25, 0.3) is 0 Å². The Morgan fingerprint density at radius 1 is 1.27 bits per heavy atom. The molecule has 1 atom stereocenters. The highest BCUT2D eigenvalue weighted by Crippen LogP contribution is 2.12. The predicted octanol–water partition coefficient (Wildman–Crippen LogP) is 3.25. The lowest BCUT2D eigenvalue weighted by atomic mass is 10.1. The molecule has 11 heavy (non-hydrogen) atoms. The van der Waals surface area contributed by atoms with E-state index in [1.165, 1.54) is 0 Å². The molecular formula is C11H14. The van der Waals surface area contributed by atoms with Gasteiger partial charge in [0, 0.05) is 0 Å². The highest BCUT2D eigenvalue weighted by molar-refractivity contribution is 5.11. The number of hydrogen-bond acceptors (Lipinski definition) is 0. The van der Waals surface area contributed by atoms with Crippen molar-refractivity contribution < 1.29 is 0 Å². The van der Waals surface area contributed by atoms with Crippen molar-refractivity contribution in [1.29, 1.82) is 0 Å². The maximum atomic E-state index is 3.64. The number of rotatable bonds is 2. The maximum absolute atomic E-state index is 3.64. The van der Waals surface area contributed by atoms with Crippen molar-refractivity contribution in [3.63, 3.8) is 0 Å². The Hall–Kier alpha value is -1.04. The standard InChI is InChI=1S/C11H14/c1-2-3-8-11-9-6-4-5-7-10-11/h2-4,6-8,10-11H,1,5,9H2/b8-3-/t11-/m0/s1. The molecule has 0 saturated carbocycles. The lowest BCUT2D eigenvalue weighted by molar-refractivity contribution is 0.836. The molecule has 0 aromatic heterocycles. The maximum Gasteiger partial charge on any atom is -0.00157 e. The minimum absolute atomic E-state index is 0.576. The van der Waals surface area contributed by atoms with E-state index >= 15 is 0 Å². The highest BCUT2D eigenvalue weighted by Gasteiger charge is 1.97. The number of hydrogen-bond donors (Lipinski definition) is 0. The van der Waals surface area contributed by atoms with Gasteiger partial charge in [0.15, 0.2) is 0 Å². The molecule has 0 bridgehead atoms. The van der Waals surface area contributed by atoms with Crippen LogP contribution >= 0.6 is 0 Å². The fraction of sp³-hybridized carbons (Fsp3) is 0.273. The summed E-state index contributed by atoms with van der Waals surface area (Å²) in [5.74, 6) is 0.576. The Morgan fingerprint density at radius 2 is 2.18 bits per heavy atom. The molecule has 0 saturated heterocycles. The summed E-state index contributed by atoms with van der Waals surface area (Å²) in [6, 6.07) is 0. The minimum Gasteiger partial charge on any atom is -0.0991 e. The Kier molecular flexibility index (Phi) is 3.46. The molecule has 0 N–H and O–H groups in total. The summed E-state index contributed by atoms with van der Waals surface area (Å²) in [4.78, 5) is 0. The summed E-state index contributed by atoms with van der Waals surface area (Å²) in [6.45, 7) is 3.64. The molecule has 0 spiro atoms. The van der Waals surface area contributed by atoms with Crippen molar-refractivity contribution in [2.75, 3.05) is 0 Å². The monoisotopic (exact) mass is 146 g/mol. The molecule has 0 aliphatic heterocycles. The van der Waals surface area contributed by atoms with Crippen LogP contribution in [0.4, 0.5) is 0 Å². The molecule has 0 aromatic rings. The zero-order chi connectivity index (χ0) is 7.94. The molecule has 0 heteroatoms. The summed E-state index contributed by atoms with van der Waals surface area (Å²) in [5, 5.41) is 0. The lowest BCUT2D eigenvalue weighted by Gasteiger charge is -1.99. The second kappa shape index (κ2) is 4.73. The topological polar surface area (TPSA) is 0 Å². The number of allylic oxidation sites excluding steroid dienone is 7. The van der Waals surface area contributed by atoms with Gasteiger partial charge in [-0.1, -0.05) is 49.1 Å². The quantitative estimate of drug-likeness (QED) is 0.414. The van der Waals surface area contributed by atoms with Crippen molar-refractivity contribution in [3.8, 4) is 0 Å². The normalized spacial score (nSPS) is 23.8. The third-order valence-electron chi connectivity index (χ3n) is 1.72. The van der Waals surface area contributed by atoms with Crippen molar-refractivity contribution in [1.82, 2.24) is 0 Å². The van der Waals surface area contributed by atoms with Crippen LogP contribution in [0.2, 0.25) is 0 Å². The van der Waals surface area contributed by atoms with Crippen LogP contribution in [0.5, 0.6) is 0 Å². The second-order valence-electron chi connectivity index (χ2n) is 2.66. The Balaban J connectivity index is 2.50. The van der Waals surface area contributed by atoms with Gasteiger partial charge in [0.1, 0.15) is 0 Å². The van der Waals surface area contributed by atoms with Crippen LogP contribution < -0.4 is 0 Å². The highest BCUT2D eigenvalue weighted by atomic mass is 14.0. The Bertz CT molecular complexity index is 194. The molecule has 1 aliphatic rings. The summed E-state index contributed by atoms with van der Waals surface area (Å²) in [5.41, 5.74) is 0. The van der Waals surface area contributed by atoms with E-state index in [2.05, 4.69) is 37.0 Å². The summed E-state index contributed by atoms with van der Waals surface area (Å²) in [6.07, 6.45) is 17.1. The first-order chi connectivity index (χ1) is 5.43. The molecule has 1 rings (SSSR count). The molecule has 0 fully saturated rings. The molecule has 0 aromatic carbocycles. The first-order valence-electron chi connectivity index (χ1n) is 4.04. The zero-order valence-corrected chi connectivity index (χ0v) is 6.74. The molecule has 1 aliphatic carbocycles. The van der Waals surface area contributed by atoms with E-state index in [0.29, 0.717) is 5.92 Å². The fourth-order valence-electron chi connectivity index (χ4n) is 1.12. The van der Waals surface area contributed by atoms with Gasteiger partial charge in [0.2, 0.25) is 0 Å². The third kappa shape index (κ3) is 3.03. The first-order valence-corrected chi connectivity index (χ1v) is 4.04. The van der Waals surface area contributed by atoms with Gasteiger partial charge in [-0.25, -0.2) is 0 Å². The van der Waals surface area contributed by atoms with E-state index in [1.807, 2.05) is 12.2 Å². The SMILES string of the molecule is C=C/C=C\[C@@H]1C=CCC=CC1. The van der Waals surface area contributed by atoms with Crippen LogP contribution in [0.1, 0.15) is 12.8 Å². The Morgan fingerprint density at radius 3 is 3.00 bits per heavy atom. The largest absolute Gasteiger partial charge is 0.0991 e. The van der Waals surface area contributed by atoms with Crippen LogP contribution in [-0.2, 0) is 0 Å². The average Bonchev–Trinajstić information content (AvgIpc) is 2.28. The molecule has 0 radical (unpaired) electrons. The molecule has 0 unspecified atom stereocenters. The summed E-state index contributed by atoms with van der Waals surface area (Å²) in [7, 11) is 0. The van der Waals surface area contributed by atoms with Crippen molar-refractivity contribution in [3.05, 3.63) is 49.1 Å². The van der Waals surface area contributed by atoms with Gasteiger partial charge >= 0.3 is 0 Å². The van der Waals surface area contributed by atoms with Crippen molar-refractivity contribution in [2.45, 2.75) is 12.8 Å². The third-order valence-corrected chi connectivity index (χ3v) is 1.72. The van der Waals surface area contributed by atoms with E-state index in [4.69, 9.17) is 0 Å². The molecular weight excluding hydrogens is 132 g/mol. The Labute approximate surface area is 68.6 Å². The molecule has 0 heterocycles. The first kappa shape index (κ1) is 8.06. The van der Waals surface area contributed by atoms with Crippen LogP contribution in [0, 0.1) is 5.92 Å². The second-order valence-corrected chi connectivity index (χ2v) is 2.66. The van der Waals surface area contributed by atoms with Gasteiger partial charge < -0.3 is 0 Å². The van der Waals surface area contributed by atoms with Crippen LogP contribution in [0.3, 0.4) is 0 Å². The van der Waals surface area contributed by atoms with Crippen LogP contribution in [0.15, 0.2) is 49.1 Å². The summed E-state index contributed by atoms with van der Waals surface area (Å²) < 4.78 is 0. The van der Waals surface area contributed by atoms with Crippen molar-refractivity contribution in [2.24, 2.45) is 5.92 Å². The van der Waals surface area contributed by atoms with Crippen molar-refractivity contribution >= 4 is 0 Å². The predicted molar refractivity (Wildman–Crippen MR) is 50.3 cm³/mol. The molecule has 58 valence electrons. The minimum atomic E-state index is 0.576. The lowest BCUT2D eigenvalue weighted by Crippen LogP contribution is -1.86. The van der Waals surface area contributed by atoms with E-state index in [1.54, 1.807) is 0 Å². The average molecular weight is 146 g/mol. The summed E-state index contributed by atoms with van der Waals surface area (Å²) >= 11 is 0. The smallest absolute Gasteiger partial charge is 0.00157 e. The van der Waals surface area contributed by atoms with Gasteiger partial charge in [-0.15, -0.1) is 0 Å². The van der Waals surface area contributed by atoms with E-state index in [9.17, 15) is 0 Å². The van der Waals surface area contributed by atoms with Gasteiger partial charge in [-0.3, -0.25) is 0 Å². The molecule has 0 amide bonds.